The van der Waals surface area contributed by atoms with E-state index in [4.69, 9.17) is 5.14 Å². The minimum Gasteiger partial charge on any atom is -0.361 e. The van der Waals surface area contributed by atoms with Gasteiger partial charge >= 0.3 is 0 Å². The van der Waals surface area contributed by atoms with Crippen molar-refractivity contribution in [2.45, 2.75) is 18.1 Å². The van der Waals surface area contributed by atoms with E-state index >= 15 is 0 Å². The molecule has 2 aromatic rings. The van der Waals surface area contributed by atoms with Crippen molar-refractivity contribution in [2.24, 2.45) is 5.14 Å². The number of H-pyrrole nitrogens is 1. The first kappa shape index (κ1) is 13.1. The third-order valence-corrected chi connectivity index (χ3v) is 5.45. The summed E-state index contributed by atoms with van der Waals surface area (Å²) < 4.78 is 23.2. The monoisotopic (exact) mass is 288 g/mol. The molecule has 1 aliphatic carbocycles. The minimum atomic E-state index is -3.76. The maximum atomic E-state index is 12.2. The molecule has 1 atom stereocenters. The topological polar surface area (TPSA) is 76.0 Å². The molecule has 1 aromatic heterocycles. The lowest BCUT2D eigenvalue weighted by Crippen LogP contribution is -2.39. The van der Waals surface area contributed by atoms with Crippen LogP contribution >= 0.6 is 0 Å². The van der Waals surface area contributed by atoms with E-state index in [2.05, 4.69) is 4.98 Å². The molecule has 0 bridgehead atoms. The average molecular weight is 288 g/mol. The number of aromatic amines is 1. The van der Waals surface area contributed by atoms with Crippen molar-refractivity contribution in [3.8, 4) is 0 Å². The highest BCUT2D eigenvalue weighted by atomic mass is 32.2. The number of allylic oxidation sites excluding steroid dienone is 3. The summed E-state index contributed by atoms with van der Waals surface area (Å²) >= 11 is 0. The van der Waals surface area contributed by atoms with Crippen molar-refractivity contribution < 1.29 is 8.42 Å². The molecular weight excluding hydrogens is 272 g/mol. The Balaban J connectivity index is 2.23. The van der Waals surface area contributed by atoms with Crippen molar-refractivity contribution in [3.63, 3.8) is 0 Å². The Labute approximate surface area is 118 Å². The smallest absolute Gasteiger partial charge is 0.223 e. The van der Waals surface area contributed by atoms with Crippen molar-refractivity contribution in [1.29, 1.82) is 0 Å². The highest BCUT2D eigenvalue weighted by molar-refractivity contribution is 7.90. The van der Waals surface area contributed by atoms with Crippen LogP contribution in [0.1, 0.15) is 18.9 Å². The molecular formula is C15H16N2O2S. The number of nitrogens with one attached hydrogen (secondary N) is 1. The van der Waals surface area contributed by atoms with E-state index in [0.29, 0.717) is 12.0 Å². The van der Waals surface area contributed by atoms with Crippen molar-refractivity contribution in [1.82, 2.24) is 4.98 Å². The van der Waals surface area contributed by atoms with Gasteiger partial charge in [-0.15, -0.1) is 0 Å². The van der Waals surface area contributed by atoms with Crippen LogP contribution in [0.15, 0.2) is 54.3 Å². The van der Waals surface area contributed by atoms with Crippen LogP contribution < -0.4 is 5.14 Å². The Kier molecular flexibility index (Phi) is 2.84. The van der Waals surface area contributed by atoms with Gasteiger partial charge in [0.25, 0.3) is 0 Å². The molecule has 0 aliphatic heterocycles. The molecule has 0 spiro atoms. The maximum Gasteiger partial charge on any atom is 0.223 e. The predicted octanol–water partition coefficient (Wildman–Crippen LogP) is 2.56. The number of nitrogens with two attached hydrogens (primary N) is 1. The standard InChI is InChI=1S/C15H16N2O2S/c1-11-4-7-15(8-5-11,20(16,18)19)13-2-3-14-12(10-13)6-9-17-14/h2-7,9-10,17H,8H2,1H3,(H2,16,18,19). The number of hydrogen-bond donors (Lipinski definition) is 2. The van der Waals surface area contributed by atoms with Crippen LogP contribution in [0.4, 0.5) is 0 Å². The molecule has 3 rings (SSSR count). The molecule has 0 saturated carbocycles. The summed E-state index contributed by atoms with van der Waals surface area (Å²) in [5, 5.41) is 6.50. The Morgan fingerprint density at radius 3 is 2.75 bits per heavy atom. The summed E-state index contributed by atoms with van der Waals surface area (Å²) in [7, 11) is -3.76. The minimum absolute atomic E-state index is 0.365. The van der Waals surface area contributed by atoms with Crippen LogP contribution in [-0.2, 0) is 14.8 Å². The first-order valence-electron chi connectivity index (χ1n) is 6.38. The first-order valence-corrected chi connectivity index (χ1v) is 7.93. The molecule has 0 amide bonds. The Morgan fingerprint density at radius 2 is 2.10 bits per heavy atom. The normalized spacial score (nSPS) is 23.0. The number of rotatable bonds is 2. The number of sulfonamides is 1. The Morgan fingerprint density at radius 1 is 1.30 bits per heavy atom. The third-order valence-electron chi connectivity index (χ3n) is 3.89. The summed E-state index contributed by atoms with van der Waals surface area (Å²) in [4.78, 5) is 3.10. The van der Waals surface area contributed by atoms with Crippen LogP contribution in [0.3, 0.4) is 0 Å². The lowest BCUT2D eigenvalue weighted by Gasteiger charge is -2.30. The molecule has 1 heterocycles. The van der Waals surface area contributed by atoms with E-state index in [1.54, 1.807) is 6.08 Å². The zero-order chi connectivity index (χ0) is 14.4. The third kappa shape index (κ3) is 1.90. The summed E-state index contributed by atoms with van der Waals surface area (Å²) in [6.07, 6.45) is 7.62. The quantitative estimate of drug-likeness (QED) is 0.891. The number of hydrogen-bond acceptors (Lipinski definition) is 2. The fourth-order valence-corrected chi connectivity index (χ4v) is 3.65. The van der Waals surface area contributed by atoms with Gasteiger partial charge in [-0.2, -0.15) is 0 Å². The van der Waals surface area contributed by atoms with Gasteiger partial charge in [-0.3, -0.25) is 0 Å². The molecule has 0 radical (unpaired) electrons. The molecule has 3 N–H and O–H groups in total. The molecule has 1 aromatic carbocycles. The molecule has 0 saturated heterocycles. The molecule has 5 heteroatoms. The lowest BCUT2D eigenvalue weighted by atomic mass is 9.89. The van der Waals surface area contributed by atoms with Gasteiger partial charge < -0.3 is 4.98 Å². The van der Waals surface area contributed by atoms with Gasteiger partial charge in [0.15, 0.2) is 0 Å². The highest BCUT2D eigenvalue weighted by Gasteiger charge is 2.41. The number of fused-ring (bicyclic) bond motifs is 1. The lowest BCUT2D eigenvalue weighted by molar-refractivity contribution is 0.559. The van der Waals surface area contributed by atoms with Crippen molar-refractivity contribution >= 4 is 20.9 Å². The zero-order valence-electron chi connectivity index (χ0n) is 11.1. The van der Waals surface area contributed by atoms with E-state index in [-0.39, 0.29) is 0 Å². The SMILES string of the molecule is CC1=CCC(c2ccc3[nH]ccc3c2)(S(N)(=O)=O)C=C1. The van der Waals surface area contributed by atoms with E-state index in [1.165, 1.54) is 0 Å². The van der Waals surface area contributed by atoms with Crippen LogP contribution in [0.2, 0.25) is 0 Å². The van der Waals surface area contributed by atoms with Gasteiger partial charge in [-0.05, 0) is 42.5 Å². The molecule has 104 valence electrons. The number of aromatic nitrogens is 1. The largest absolute Gasteiger partial charge is 0.361 e. The van der Waals surface area contributed by atoms with Gasteiger partial charge in [0, 0.05) is 11.7 Å². The second kappa shape index (κ2) is 4.33. The van der Waals surface area contributed by atoms with Crippen LogP contribution in [-0.4, -0.2) is 13.4 Å². The van der Waals surface area contributed by atoms with E-state index < -0.39 is 14.8 Å². The van der Waals surface area contributed by atoms with E-state index in [1.807, 2.05) is 49.5 Å². The molecule has 1 aliphatic rings. The highest BCUT2D eigenvalue weighted by Crippen LogP contribution is 2.38. The van der Waals surface area contributed by atoms with E-state index in [0.717, 1.165) is 16.5 Å². The van der Waals surface area contributed by atoms with Crippen LogP contribution in [0.25, 0.3) is 10.9 Å². The molecule has 0 fully saturated rings. The Bertz CT molecular complexity index is 830. The van der Waals surface area contributed by atoms with Crippen molar-refractivity contribution in [3.05, 3.63) is 59.8 Å². The molecule has 20 heavy (non-hydrogen) atoms. The number of benzene rings is 1. The fraction of sp³-hybridized carbons (Fsp3) is 0.200. The van der Waals surface area contributed by atoms with Gasteiger partial charge in [0.1, 0.15) is 4.75 Å². The average Bonchev–Trinajstić information content (AvgIpc) is 2.85. The van der Waals surface area contributed by atoms with E-state index in [9.17, 15) is 8.42 Å². The molecule has 1 unspecified atom stereocenters. The summed E-state index contributed by atoms with van der Waals surface area (Å²) in [6.45, 7) is 1.94. The summed E-state index contributed by atoms with van der Waals surface area (Å²) in [5.41, 5.74) is 2.73. The summed E-state index contributed by atoms with van der Waals surface area (Å²) in [5.74, 6) is 0. The van der Waals surface area contributed by atoms with Crippen LogP contribution in [0, 0.1) is 0 Å². The van der Waals surface area contributed by atoms with Crippen molar-refractivity contribution in [2.75, 3.05) is 0 Å². The summed E-state index contributed by atoms with van der Waals surface area (Å²) in [6, 6.07) is 7.51. The van der Waals surface area contributed by atoms with Gasteiger partial charge in [0.05, 0.1) is 0 Å². The zero-order valence-corrected chi connectivity index (χ0v) is 11.9. The van der Waals surface area contributed by atoms with Gasteiger partial charge in [-0.25, -0.2) is 13.6 Å². The van der Waals surface area contributed by atoms with Crippen LogP contribution in [0.5, 0.6) is 0 Å². The first-order chi connectivity index (χ1) is 9.42. The Hall–Kier alpha value is -1.85. The fourth-order valence-electron chi connectivity index (χ4n) is 2.62. The maximum absolute atomic E-state index is 12.2. The second-order valence-corrected chi connectivity index (χ2v) is 7.02. The second-order valence-electron chi connectivity index (χ2n) is 5.20. The molecule has 4 nitrogen and oxygen atoms in total. The van der Waals surface area contributed by atoms with Gasteiger partial charge in [-0.1, -0.05) is 29.9 Å². The number of primary sulfonamides is 1. The van der Waals surface area contributed by atoms with Gasteiger partial charge in [0.2, 0.25) is 10.0 Å². The predicted molar refractivity (Wildman–Crippen MR) is 80.6 cm³/mol.